The van der Waals surface area contributed by atoms with Gasteiger partial charge in [-0.2, -0.15) is 0 Å². The van der Waals surface area contributed by atoms with Gasteiger partial charge in [-0.3, -0.25) is 4.79 Å². The molecule has 2 fully saturated rings. The molecule has 6 nitrogen and oxygen atoms in total. The Morgan fingerprint density at radius 2 is 2.11 bits per heavy atom. The molecule has 0 saturated carbocycles. The zero-order valence-electron chi connectivity index (χ0n) is 16.3. The van der Waals surface area contributed by atoms with Gasteiger partial charge in [0.1, 0.15) is 17.0 Å². The summed E-state index contributed by atoms with van der Waals surface area (Å²) < 4.78 is 0. The number of nitrogens with zero attached hydrogens (tertiary/aromatic N) is 3. The second-order valence-electron chi connectivity index (χ2n) is 7.86. The number of nitrogens with one attached hydrogen (secondary N) is 2. The van der Waals surface area contributed by atoms with Gasteiger partial charge in [-0.25, -0.2) is 9.97 Å². The van der Waals surface area contributed by atoms with Gasteiger partial charge in [0, 0.05) is 30.4 Å². The van der Waals surface area contributed by atoms with Crippen molar-refractivity contribution in [1.82, 2.24) is 20.6 Å². The van der Waals surface area contributed by atoms with E-state index in [9.17, 15) is 4.79 Å². The summed E-state index contributed by atoms with van der Waals surface area (Å²) >= 11 is 1.74. The Morgan fingerprint density at radius 1 is 1.30 bits per heavy atom. The lowest BCUT2D eigenvalue weighted by Crippen LogP contribution is -2.41. The molecule has 1 unspecified atom stereocenters. The van der Waals surface area contributed by atoms with Gasteiger partial charge in [0.05, 0.1) is 5.39 Å². The van der Waals surface area contributed by atoms with Gasteiger partial charge in [-0.1, -0.05) is 0 Å². The average Bonchev–Trinajstić information content (AvgIpc) is 3.30. The van der Waals surface area contributed by atoms with Crippen molar-refractivity contribution in [3.63, 3.8) is 0 Å². The summed E-state index contributed by atoms with van der Waals surface area (Å²) in [4.78, 5) is 26.2. The number of amides is 1. The van der Waals surface area contributed by atoms with Crippen LogP contribution in [0.25, 0.3) is 10.2 Å². The lowest BCUT2D eigenvalue weighted by atomic mass is 9.95. The van der Waals surface area contributed by atoms with Crippen molar-refractivity contribution in [3.05, 3.63) is 16.8 Å². The molecule has 2 aromatic rings. The molecule has 2 N–H and O–H groups in total. The van der Waals surface area contributed by atoms with Crippen LogP contribution in [-0.2, 0) is 4.79 Å². The normalized spacial score (nSPS) is 21.1. The molecule has 146 valence electrons. The molecule has 1 atom stereocenters. The largest absolute Gasteiger partial charge is 0.356 e. The van der Waals surface area contributed by atoms with Crippen LogP contribution in [0.15, 0.2) is 6.33 Å². The number of aromatic nitrogens is 2. The van der Waals surface area contributed by atoms with Crippen LogP contribution in [-0.4, -0.2) is 48.6 Å². The van der Waals surface area contributed by atoms with E-state index in [-0.39, 0.29) is 11.8 Å². The van der Waals surface area contributed by atoms with Crippen LogP contribution >= 0.6 is 11.3 Å². The molecule has 2 saturated heterocycles. The molecule has 1 amide bonds. The van der Waals surface area contributed by atoms with Crippen molar-refractivity contribution >= 4 is 33.3 Å². The van der Waals surface area contributed by atoms with E-state index in [0.29, 0.717) is 0 Å². The van der Waals surface area contributed by atoms with E-state index in [2.05, 4.69) is 39.3 Å². The molecule has 2 aliphatic rings. The summed E-state index contributed by atoms with van der Waals surface area (Å²) in [6.45, 7) is 9.09. The van der Waals surface area contributed by atoms with Gasteiger partial charge in [-0.05, 0) is 64.1 Å². The Balaban J connectivity index is 1.33. The first-order valence-electron chi connectivity index (χ1n) is 10.1. The number of rotatable bonds is 5. The average molecular weight is 388 g/mol. The SMILES string of the molecule is Cc1sc2ncnc(N3CCC(C(=O)NCCC4CCNC4)CC3)c2c1C. The van der Waals surface area contributed by atoms with Crippen molar-refractivity contribution in [2.24, 2.45) is 11.8 Å². The van der Waals surface area contributed by atoms with Gasteiger partial charge < -0.3 is 15.5 Å². The van der Waals surface area contributed by atoms with Gasteiger partial charge >= 0.3 is 0 Å². The summed E-state index contributed by atoms with van der Waals surface area (Å²) in [5.74, 6) is 2.13. The lowest BCUT2D eigenvalue weighted by molar-refractivity contribution is -0.125. The van der Waals surface area contributed by atoms with Crippen LogP contribution in [0.1, 0.15) is 36.1 Å². The van der Waals surface area contributed by atoms with Crippen LogP contribution in [0.4, 0.5) is 5.82 Å². The number of aryl methyl sites for hydroxylation is 2. The second kappa shape index (κ2) is 8.10. The molecule has 4 rings (SSSR count). The first-order valence-corrected chi connectivity index (χ1v) is 10.9. The fourth-order valence-corrected chi connectivity index (χ4v) is 5.25. The fourth-order valence-electron chi connectivity index (χ4n) is 4.26. The molecule has 0 spiro atoms. The number of thiophene rings is 1. The van der Waals surface area contributed by atoms with Gasteiger partial charge in [0.2, 0.25) is 5.91 Å². The molecule has 0 aliphatic carbocycles. The highest BCUT2D eigenvalue weighted by atomic mass is 32.1. The van der Waals surface area contributed by atoms with E-state index in [0.717, 1.165) is 68.6 Å². The summed E-state index contributed by atoms with van der Waals surface area (Å²) in [6.07, 6.45) is 5.79. The third-order valence-corrected chi connectivity index (χ3v) is 7.24. The first kappa shape index (κ1) is 18.6. The minimum atomic E-state index is 0.130. The topological polar surface area (TPSA) is 70.2 Å². The number of carbonyl (C=O) groups is 1. The Bertz CT molecular complexity index is 806. The number of carbonyl (C=O) groups excluding carboxylic acids is 1. The highest BCUT2D eigenvalue weighted by Gasteiger charge is 2.27. The fraction of sp³-hybridized carbons (Fsp3) is 0.650. The molecule has 0 aromatic carbocycles. The van der Waals surface area contributed by atoms with E-state index in [4.69, 9.17) is 0 Å². The van der Waals surface area contributed by atoms with Crippen molar-refractivity contribution in [2.75, 3.05) is 37.6 Å². The summed E-state index contributed by atoms with van der Waals surface area (Å²) in [5.41, 5.74) is 1.28. The lowest BCUT2D eigenvalue weighted by Gasteiger charge is -2.32. The van der Waals surface area contributed by atoms with Crippen LogP contribution in [0.2, 0.25) is 0 Å². The van der Waals surface area contributed by atoms with Crippen molar-refractivity contribution in [2.45, 2.75) is 39.5 Å². The molecule has 0 radical (unpaired) electrons. The Morgan fingerprint density at radius 3 is 2.85 bits per heavy atom. The Hall–Kier alpha value is -1.73. The monoisotopic (exact) mass is 387 g/mol. The minimum Gasteiger partial charge on any atom is -0.356 e. The number of hydrogen-bond acceptors (Lipinski definition) is 6. The number of fused-ring (bicyclic) bond motifs is 1. The molecular weight excluding hydrogens is 358 g/mol. The van der Waals surface area contributed by atoms with Crippen molar-refractivity contribution in [1.29, 1.82) is 0 Å². The van der Waals surface area contributed by atoms with Crippen LogP contribution < -0.4 is 15.5 Å². The molecule has 7 heteroatoms. The van der Waals surface area contributed by atoms with Crippen LogP contribution in [0.3, 0.4) is 0 Å². The van der Waals surface area contributed by atoms with Crippen LogP contribution in [0, 0.1) is 25.7 Å². The maximum Gasteiger partial charge on any atom is 0.223 e. The Kier molecular flexibility index (Phi) is 5.59. The second-order valence-corrected chi connectivity index (χ2v) is 9.06. The Labute approximate surface area is 164 Å². The van der Waals surface area contributed by atoms with E-state index < -0.39 is 0 Å². The number of anilines is 1. The molecular formula is C20H29N5OS. The predicted octanol–water partition coefficient (Wildman–Crippen LogP) is 2.64. The van der Waals surface area contributed by atoms with E-state index in [1.54, 1.807) is 17.7 Å². The third-order valence-electron chi connectivity index (χ3n) is 6.12. The van der Waals surface area contributed by atoms with Gasteiger partial charge in [0.25, 0.3) is 0 Å². The highest BCUT2D eigenvalue weighted by Crippen LogP contribution is 2.35. The zero-order chi connectivity index (χ0) is 18.8. The maximum absolute atomic E-state index is 12.5. The summed E-state index contributed by atoms with van der Waals surface area (Å²) in [6, 6.07) is 0. The van der Waals surface area contributed by atoms with Crippen molar-refractivity contribution in [3.8, 4) is 0 Å². The number of piperidine rings is 1. The smallest absolute Gasteiger partial charge is 0.223 e. The van der Waals surface area contributed by atoms with E-state index >= 15 is 0 Å². The predicted molar refractivity (Wildman–Crippen MR) is 110 cm³/mol. The van der Waals surface area contributed by atoms with Crippen molar-refractivity contribution < 1.29 is 4.79 Å². The molecule has 4 heterocycles. The van der Waals surface area contributed by atoms with Gasteiger partial charge in [-0.15, -0.1) is 11.3 Å². The first-order chi connectivity index (χ1) is 13.1. The van der Waals surface area contributed by atoms with Crippen LogP contribution in [0.5, 0.6) is 0 Å². The maximum atomic E-state index is 12.5. The highest BCUT2D eigenvalue weighted by molar-refractivity contribution is 7.18. The third kappa shape index (κ3) is 3.94. The molecule has 0 bridgehead atoms. The molecule has 27 heavy (non-hydrogen) atoms. The standard InChI is InChI=1S/C20H29N5OS/c1-13-14(2)27-20-17(13)18(23-12-24-20)25-9-5-16(6-10-25)19(26)22-8-4-15-3-7-21-11-15/h12,15-16,21H,3-11H2,1-2H3,(H,22,26). The molecule has 2 aromatic heterocycles. The quantitative estimate of drug-likeness (QED) is 0.825. The van der Waals surface area contributed by atoms with E-state index in [1.807, 2.05) is 0 Å². The minimum absolute atomic E-state index is 0.130. The zero-order valence-corrected chi connectivity index (χ0v) is 17.1. The summed E-state index contributed by atoms with van der Waals surface area (Å²) in [5, 5.41) is 7.74. The van der Waals surface area contributed by atoms with Gasteiger partial charge in [0.15, 0.2) is 0 Å². The van der Waals surface area contributed by atoms with E-state index in [1.165, 1.54) is 22.2 Å². The summed E-state index contributed by atoms with van der Waals surface area (Å²) in [7, 11) is 0. The molecule has 2 aliphatic heterocycles. The number of hydrogen-bond donors (Lipinski definition) is 2.